The molecule has 1 atom stereocenters. The Morgan fingerprint density at radius 2 is 2.00 bits per heavy atom. The van der Waals surface area contributed by atoms with Crippen LogP contribution < -0.4 is 9.80 Å². The second-order valence-electron chi connectivity index (χ2n) is 8.06. The molecule has 0 bridgehead atoms. The number of ether oxygens (including phenoxy) is 1. The van der Waals surface area contributed by atoms with E-state index >= 15 is 0 Å². The molecule has 2 aliphatic rings. The van der Waals surface area contributed by atoms with Gasteiger partial charge in [-0.25, -0.2) is 9.78 Å². The molecule has 0 saturated carbocycles. The van der Waals surface area contributed by atoms with E-state index in [-0.39, 0.29) is 24.5 Å². The van der Waals surface area contributed by atoms with Crippen molar-refractivity contribution in [1.82, 2.24) is 9.88 Å². The van der Waals surface area contributed by atoms with E-state index in [1.165, 1.54) is 0 Å². The van der Waals surface area contributed by atoms with E-state index in [0.717, 1.165) is 11.5 Å². The van der Waals surface area contributed by atoms with Crippen molar-refractivity contribution in [3.8, 4) is 0 Å². The maximum Gasteiger partial charge on any atom is 0.410 e. The van der Waals surface area contributed by atoms with Gasteiger partial charge in [0.15, 0.2) is 5.82 Å². The summed E-state index contributed by atoms with van der Waals surface area (Å²) in [4.78, 5) is 34.6. The number of amides is 2. The summed E-state index contributed by atoms with van der Waals surface area (Å²) in [5.41, 5.74) is 0.256. The van der Waals surface area contributed by atoms with Gasteiger partial charge in [-0.1, -0.05) is 0 Å². The van der Waals surface area contributed by atoms with Crippen LogP contribution in [0.1, 0.15) is 27.2 Å². The third-order valence-electron chi connectivity index (χ3n) is 4.75. The van der Waals surface area contributed by atoms with Gasteiger partial charge in [-0.15, -0.1) is 0 Å². The van der Waals surface area contributed by atoms with Crippen molar-refractivity contribution in [3.63, 3.8) is 0 Å². The fourth-order valence-corrected chi connectivity index (χ4v) is 3.41. The molecule has 0 radical (unpaired) electrons. The molecule has 0 aromatic carbocycles. The van der Waals surface area contributed by atoms with Gasteiger partial charge in [-0.05, 0) is 32.9 Å². The smallest absolute Gasteiger partial charge is 0.410 e. The molecule has 2 fully saturated rings. The Labute approximate surface area is 159 Å². The van der Waals surface area contributed by atoms with Crippen LogP contribution in [-0.2, 0) is 9.53 Å². The average molecular weight is 376 g/mol. The minimum Gasteiger partial charge on any atom is -0.444 e. The Bertz CT molecular complexity index is 695. The lowest BCUT2D eigenvalue weighted by Gasteiger charge is -2.37. The Kier molecular flexibility index (Phi) is 5.55. The first-order valence-corrected chi connectivity index (χ1v) is 9.37. The molecule has 2 aliphatic heterocycles. The van der Waals surface area contributed by atoms with Crippen LogP contribution >= 0.6 is 0 Å². The van der Waals surface area contributed by atoms with E-state index in [1.54, 1.807) is 16.0 Å². The lowest BCUT2D eigenvalue weighted by atomic mass is 10.1. The third kappa shape index (κ3) is 4.50. The summed E-state index contributed by atoms with van der Waals surface area (Å²) in [5, 5.41) is 9.37. The molecular weight excluding hydrogens is 348 g/mol. The molecular formula is C19H28N4O4. The number of carbonyl (C=O) groups is 2. The monoisotopic (exact) mass is 376 g/mol. The van der Waals surface area contributed by atoms with Crippen LogP contribution in [0, 0.1) is 5.92 Å². The highest BCUT2D eigenvalue weighted by molar-refractivity contribution is 5.98. The van der Waals surface area contributed by atoms with Crippen LogP contribution in [0.3, 0.4) is 0 Å². The van der Waals surface area contributed by atoms with Crippen molar-refractivity contribution in [3.05, 3.63) is 18.3 Å². The van der Waals surface area contributed by atoms with Crippen molar-refractivity contribution in [2.75, 3.05) is 49.1 Å². The number of aromatic nitrogens is 1. The predicted octanol–water partition coefficient (Wildman–Crippen LogP) is 1.48. The number of carbonyl (C=O) groups excluding carboxylic acids is 2. The quantitative estimate of drug-likeness (QED) is 0.860. The molecule has 1 aromatic heterocycles. The van der Waals surface area contributed by atoms with Gasteiger partial charge < -0.3 is 24.5 Å². The van der Waals surface area contributed by atoms with Crippen molar-refractivity contribution in [2.24, 2.45) is 5.92 Å². The Balaban J connectivity index is 1.69. The minimum atomic E-state index is -0.512. The van der Waals surface area contributed by atoms with Crippen LogP contribution in [0.15, 0.2) is 18.3 Å². The van der Waals surface area contributed by atoms with Gasteiger partial charge in [0, 0.05) is 57.9 Å². The van der Waals surface area contributed by atoms with Crippen molar-refractivity contribution >= 4 is 23.5 Å². The lowest BCUT2D eigenvalue weighted by Crippen LogP contribution is -2.50. The number of rotatable bonds is 3. The first kappa shape index (κ1) is 19.4. The van der Waals surface area contributed by atoms with E-state index < -0.39 is 5.60 Å². The maximum absolute atomic E-state index is 12.4. The molecule has 2 saturated heterocycles. The number of pyridine rings is 1. The molecule has 3 rings (SSSR count). The zero-order chi connectivity index (χ0) is 19.6. The molecule has 8 heteroatoms. The minimum absolute atomic E-state index is 0.00635. The second kappa shape index (κ2) is 7.72. The number of anilines is 2. The number of piperazine rings is 1. The van der Waals surface area contributed by atoms with Crippen molar-refractivity contribution < 1.29 is 19.4 Å². The first-order valence-electron chi connectivity index (χ1n) is 9.37. The fourth-order valence-electron chi connectivity index (χ4n) is 3.41. The maximum atomic E-state index is 12.4. The SMILES string of the molecule is CC(C)(C)OC(=O)N1CCN(c2ncccc2N2CC(CO)CC2=O)CC1. The number of aliphatic hydroxyl groups excluding tert-OH is 1. The molecule has 2 amide bonds. The Morgan fingerprint density at radius 3 is 2.59 bits per heavy atom. The van der Waals surface area contributed by atoms with E-state index in [0.29, 0.717) is 39.1 Å². The summed E-state index contributed by atoms with van der Waals surface area (Å²) in [7, 11) is 0. The van der Waals surface area contributed by atoms with Crippen LogP contribution in [0.25, 0.3) is 0 Å². The molecule has 1 N–H and O–H groups in total. The number of hydrogen-bond donors (Lipinski definition) is 1. The Morgan fingerprint density at radius 1 is 1.30 bits per heavy atom. The van der Waals surface area contributed by atoms with Crippen LogP contribution in [0.4, 0.5) is 16.3 Å². The molecule has 148 valence electrons. The van der Waals surface area contributed by atoms with Crippen molar-refractivity contribution in [2.45, 2.75) is 32.8 Å². The van der Waals surface area contributed by atoms with E-state index in [2.05, 4.69) is 9.88 Å². The summed E-state index contributed by atoms with van der Waals surface area (Å²) in [6.45, 7) is 8.40. The first-order chi connectivity index (χ1) is 12.8. The lowest BCUT2D eigenvalue weighted by molar-refractivity contribution is -0.117. The Hall–Kier alpha value is -2.35. The zero-order valence-electron chi connectivity index (χ0n) is 16.2. The van der Waals surface area contributed by atoms with Crippen LogP contribution in [0.5, 0.6) is 0 Å². The third-order valence-corrected chi connectivity index (χ3v) is 4.75. The fraction of sp³-hybridized carbons (Fsp3) is 0.632. The largest absolute Gasteiger partial charge is 0.444 e. The second-order valence-corrected chi connectivity index (χ2v) is 8.06. The normalized spacial score (nSPS) is 21.0. The standard InChI is InChI=1S/C19H28N4O4/c1-19(2,3)27-18(26)22-9-7-21(8-10-22)17-15(5-4-6-20-17)23-12-14(13-24)11-16(23)25/h4-6,14,24H,7-13H2,1-3H3. The van der Waals surface area contributed by atoms with E-state index in [9.17, 15) is 14.7 Å². The molecule has 0 spiro atoms. The predicted molar refractivity (Wildman–Crippen MR) is 102 cm³/mol. The van der Waals surface area contributed by atoms with Gasteiger partial charge in [0.1, 0.15) is 5.60 Å². The van der Waals surface area contributed by atoms with E-state index in [4.69, 9.17) is 4.74 Å². The molecule has 27 heavy (non-hydrogen) atoms. The highest BCUT2D eigenvalue weighted by atomic mass is 16.6. The van der Waals surface area contributed by atoms with Gasteiger partial charge in [0.05, 0.1) is 5.69 Å². The summed E-state index contributed by atoms with van der Waals surface area (Å²) in [5.74, 6) is 0.721. The molecule has 1 unspecified atom stereocenters. The number of nitrogens with zero attached hydrogens (tertiary/aromatic N) is 4. The highest BCUT2D eigenvalue weighted by Gasteiger charge is 2.33. The number of aliphatic hydroxyl groups is 1. The summed E-state index contributed by atoms with van der Waals surface area (Å²) in [6.07, 6.45) is 1.77. The average Bonchev–Trinajstić information content (AvgIpc) is 3.01. The zero-order valence-corrected chi connectivity index (χ0v) is 16.2. The summed E-state index contributed by atoms with van der Waals surface area (Å²) < 4.78 is 5.44. The topological polar surface area (TPSA) is 86.2 Å². The van der Waals surface area contributed by atoms with Gasteiger partial charge in [0.25, 0.3) is 0 Å². The molecule has 0 aliphatic carbocycles. The summed E-state index contributed by atoms with van der Waals surface area (Å²) in [6, 6.07) is 3.70. The van der Waals surface area contributed by atoms with Crippen LogP contribution in [0.2, 0.25) is 0 Å². The molecule has 3 heterocycles. The van der Waals surface area contributed by atoms with Crippen molar-refractivity contribution in [1.29, 1.82) is 0 Å². The summed E-state index contributed by atoms with van der Waals surface area (Å²) >= 11 is 0. The number of hydrogen-bond acceptors (Lipinski definition) is 6. The van der Waals surface area contributed by atoms with Gasteiger partial charge in [-0.2, -0.15) is 0 Å². The molecule has 1 aromatic rings. The van der Waals surface area contributed by atoms with Gasteiger partial charge in [0.2, 0.25) is 5.91 Å². The van der Waals surface area contributed by atoms with E-state index in [1.807, 2.05) is 32.9 Å². The van der Waals surface area contributed by atoms with Gasteiger partial charge in [-0.3, -0.25) is 4.79 Å². The molecule has 8 nitrogen and oxygen atoms in total. The van der Waals surface area contributed by atoms with Gasteiger partial charge >= 0.3 is 6.09 Å². The highest BCUT2D eigenvalue weighted by Crippen LogP contribution is 2.32. The van der Waals surface area contributed by atoms with Crippen LogP contribution in [-0.4, -0.2) is 71.9 Å².